The molecule has 150 valence electrons. The number of ether oxygens (including phenoxy) is 1. The van der Waals surface area contributed by atoms with Crippen LogP contribution in [-0.4, -0.2) is 57.5 Å². The smallest absolute Gasteiger partial charge is 0.237 e. The van der Waals surface area contributed by atoms with Crippen LogP contribution in [0.2, 0.25) is 0 Å². The Bertz CT molecular complexity index is 734. The quantitative estimate of drug-likeness (QED) is 0.746. The van der Waals surface area contributed by atoms with Crippen molar-refractivity contribution in [3.63, 3.8) is 0 Å². The molecular formula is C21H28N4O2S. The van der Waals surface area contributed by atoms with Crippen LogP contribution in [0.5, 0.6) is 0 Å². The first-order valence-corrected chi connectivity index (χ1v) is 11.1. The number of nitrogens with zero attached hydrogens (tertiary/aromatic N) is 4. The first-order chi connectivity index (χ1) is 13.8. The summed E-state index contributed by atoms with van der Waals surface area (Å²) >= 11 is 1.64. The third-order valence-corrected chi connectivity index (χ3v) is 6.36. The van der Waals surface area contributed by atoms with E-state index in [2.05, 4.69) is 19.8 Å². The van der Waals surface area contributed by atoms with Crippen molar-refractivity contribution in [3.8, 4) is 0 Å². The Labute approximate surface area is 170 Å². The van der Waals surface area contributed by atoms with Crippen LogP contribution in [0, 0.1) is 0 Å². The predicted molar refractivity (Wildman–Crippen MR) is 109 cm³/mol. The highest BCUT2D eigenvalue weighted by Crippen LogP contribution is 2.25. The molecule has 2 aromatic heterocycles. The average Bonchev–Trinajstić information content (AvgIpc) is 3.18. The lowest BCUT2D eigenvalue weighted by molar-refractivity contribution is -0.135. The van der Waals surface area contributed by atoms with Gasteiger partial charge in [-0.25, -0.2) is 4.98 Å². The topological polar surface area (TPSA) is 58.6 Å². The number of rotatable bonds is 6. The summed E-state index contributed by atoms with van der Waals surface area (Å²) in [6, 6.07) is 6.23. The number of carbonyl (C=O) groups is 1. The summed E-state index contributed by atoms with van der Waals surface area (Å²) < 4.78 is 6.25. The normalized spacial score (nSPS) is 22.4. The summed E-state index contributed by atoms with van der Waals surface area (Å²) in [5.74, 6) is 0.229. The van der Waals surface area contributed by atoms with Gasteiger partial charge in [0.2, 0.25) is 5.91 Å². The molecule has 2 aromatic rings. The standard InChI is InChI=1S/C21H28N4O2S/c26-21-15-24(14-20-23-10-11-28-20)12-19(27-16-17-6-4-5-9-22-17)13-25(21)18-7-2-1-3-8-18/h4-6,9-11,18-19H,1-3,7-8,12-16H2. The fourth-order valence-electron chi connectivity index (χ4n) is 4.19. The van der Waals surface area contributed by atoms with E-state index < -0.39 is 0 Å². The molecule has 4 rings (SSSR count). The molecule has 0 bridgehead atoms. The van der Waals surface area contributed by atoms with Gasteiger partial charge in [0, 0.05) is 36.9 Å². The highest BCUT2D eigenvalue weighted by molar-refractivity contribution is 7.09. The van der Waals surface area contributed by atoms with Crippen LogP contribution in [0.15, 0.2) is 36.0 Å². The SMILES string of the molecule is O=C1CN(Cc2nccs2)CC(OCc2ccccn2)CN1C1CCCCC1. The first kappa shape index (κ1) is 19.5. The fourth-order valence-corrected chi connectivity index (χ4v) is 4.85. The number of thiazole rings is 1. The van der Waals surface area contributed by atoms with Gasteiger partial charge >= 0.3 is 0 Å². The molecule has 6 nitrogen and oxygen atoms in total. The minimum Gasteiger partial charge on any atom is -0.369 e. The maximum atomic E-state index is 13.1. The van der Waals surface area contributed by atoms with Crippen molar-refractivity contribution in [2.24, 2.45) is 0 Å². The van der Waals surface area contributed by atoms with Crippen LogP contribution in [0.25, 0.3) is 0 Å². The van der Waals surface area contributed by atoms with Crippen molar-refractivity contribution in [2.45, 2.75) is 57.4 Å². The fraction of sp³-hybridized carbons (Fsp3) is 0.571. The highest BCUT2D eigenvalue weighted by atomic mass is 32.1. The van der Waals surface area contributed by atoms with Gasteiger partial charge in [-0.15, -0.1) is 11.3 Å². The van der Waals surface area contributed by atoms with Crippen LogP contribution in [0.4, 0.5) is 0 Å². The van der Waals surface area contributed by atoms with E-state index >= 15 is 0 Å². The van der Waals surface area contributed by atoms with E-state index in [9.17, 15) is 4.79 Å². The van der Waals surface area contributed by atoms with E-state index in [0.717, 1.165) is 30.1 Å². The molecule has 0 spiro atoms. The van der Waals surface area contributed by atoms with Gasteiger partial charge < -0.3 is 9.64 Å². The summed E-state index contributed by atoms with van der Waals surface area (Å²) in [6.45, 7) is 3.03. The molecule has 1 saturated carbocycles. The zero-order valence-electron chi connectivity index (χ0n) is 16.2. The molecule has 1 amide bonds. The molecule has 28 heavy (non-hydrogen) atoms. The van der Waals surface area contributed by atoms with Crippen molar-refractivity contribution in [3.05, 3.63) is 46.7 Å². The second-order valence-electron chi connectivity index (χ2n) is 7.69. The van der Waals surface area contributed by atoms with Gasteiger partial charge in [0.25, 0.3) is 0 Å². The second kappa shape index (κ2) is 9.58. The van der Waals surface area contributed by atoms with Crippen LogP contribution < -0.4 is 0 Å². The maximum absolute atomic E-state index is 13.1. The van der Waals surface area contributed by atoms with E-state index in [4.69, 9.17) is 4.74 Å². The van der Waals surface area contributed by atoms with Crippen molar-refractivity contribution in [1.29, 1.82) is 0 Å². The molecule has 2 fully saturated rings. The Balaban J connectivity index is 1.46. The molecule has 0 N–H and O–H groups in total. The predicted octanol–water partition coefficient (Wildman–Crippen LogP) is 3.10. The first-order valence-electron chi connectivity index (χ1n) is 10.2. The van der Waals surface area contributed by atoms with Crippen LogP contribution >= 0.6 is 11.3 Å². The number of pyridine rings is 1. The molecular weight excluding hydrogens is 372 g/mol. The van der Waals surface area contributed by atoms with E-state index in [1.807, 2.05) is 29.8 Å². The molecule has 2 aliphatic rings. The summed E-state index contributed by atoms with van der Waals surface area (Å²) in [5, 5.41) is 3.03. The third-order valence-electron chi connectivity index (χ3n) is 5.59. The van der Waals surface area contributed by atoms with Gasteiger partial charge in [0.1, 0.15) is 5.01 Å². The highest BCUT2D eigenvalue weighted by Gasteiger charge is 2.33. The molecule has 1 unspecified atom stereocenters. The molecule has 0 radical (unpaired) electrons. The lowest BCUT2D eigenvalue weighted by Gasteiger charge is -2.35. The summed E-state index contributed by atoms with van der Waals surface area (Å²) in [7, 11) is 0. The number of hydrogen-bond acceptors (Lipinski definition) is 6. The van der Waals surface area contributed by atoms with Gasteiger partial charge in [-0.2, -0.15) is 0 Å². The van der Waals surface area contributed by atoms with Crippen molar-refractivity contribution >= 4 is 17.2 Å². The lowest BCUT2D eigenvalue weighted by Crippen LogP contribution is -2.45. The average molecular weight is 401 g/mol. The third kappa shape index (κ3) is 5.16. The van der Waals surface area contributed by atoms with Crippen molar-refractivity contribution in [1.82, 2.24) is 19.8 Å². The monoisotopic (exact) mass is 400 g/mol. The number of aromatic nitrogens is 2. The van der Waals surface area contributed by atoms with Crippen molar-refractivity contribution < 1.29 is 9.53 Å². The van der Waals surface area contributed by atoms with Crippen LogP contribution in [0.1, 0.15) is 42.8 Å². The molecule has 0 aromatic carbocycles. The molecule has 1 atom stereocenters. The van der Waals surface area contributed by atoms with Gasteiger partial charge in [-0.3, -0.25) is 14.7 Å². The minimum atomic E-state index is -0.0182. The van der Waals surface area contributed by atoms with Gasteiger partial charge in [-0.1, -0.05) is 25.3 Å². The Hall–Kier alpha value is -1.83. The molecule has 3 heterocycles. The molecule has 1 aliphatic carbocycles. The Kier molecular flexibility index (Phi) is 6.67. The van der Waals surface area contributed by atoms with E-state index in [1.165, 1.54) is 19.3 Å². The molecule has 7 heteroatoms. The Morgan fingerprint density at radius 3 is 2.75 bits per heavy atom. The van der Waals surface area contributed by atoms with Crippen molar-refractivity contribution in [2.75, 3.05) is 19.6 Å². The lowest BCUT2D eigenvalue weighted by atomic mass is 9.94. The molecule has 1 saturated heterocycles. The summed E-state index contributed by atoms with van der Waals surface area (Å²) in [5.41, 5.74) is 0.925. The zero-order chi connectivity index (χ0) is 19.2. The van der Waals surface area contributed by atoms with E-state index in [0.29, 0.717) is 32.3 Å². The van der Waals surface area contributed by atoms with Crippen LogP contribution in [-0.2, 0) is 22.7 Å². The minimum absolute atomic E-state index is 0.0182. The van der Waals surface area contributed by atoms with E-state index in [1.54, 1.807) is 17.5 Å². The Morgan fingerprint density at radius 2 is 2.00 bits per heavy atom. The van der Waals surface area contributed by atoms with E-state index in [-0.39, 0.29) is 12.0 Å². The number of amides is 1. The molecule has 1 aliphatic heterocycles. The van der Waals surface area contributed by atoms with Crippen LogP contribution in [0.3, 0.4) is 0 Å². The summed E-state index contributed by atoms with van der Waals surface area (Å²) in [4.78, 5) is 26.1. The summed E-state index contributed by atoms with van der Waals surface area (Å²) in [6.07, 6.45) is 9.55. The number of hydrogen-bond donors (Lipinski definition) is 0. The van der Waals surface area contributed by atoms with Gasteiger partial charge in [-0.05, 0) is 25.0 Å². The Morgan fingerprint density at radius 1 is 1.11 bits per heavy atom. The maximum Gasteiger partial charge on any atom is 0.237 e. The van der Waals surface area contributed by atoms with Gasteiger partial charge in [0.15, 0.2) is 0 Å². The van der Waals surface area contributed by atoms with Gasteiger partial charge in [0.05, 0.1) is 31.5 Å². The number of carbonyl (C=O) groups excluding carboxylic acids is 1. The zero-order valence-corrected chi connectivity index (χ0v) is 17.0. The second-order valence-corrected chi connectivity index (χ2v) is 8.67. The largest absolute Gasteiger partial charge is 0.369 e.